The van der Waals surface area contributed by atoms with E-state index in [2.05, 4.69) is 30.6 Å². The highest BCUT2D eigenvalue weighted by Gasteiger charge is 2.17. The van der Waals surface area contributed by atoms with E-state index in [0.717, 1.165) is 12.7 Å². The third-order valence-corrected chi connectivity index (χ3v) is 4.81. The fourth-order valence-electron chi connectivity index (χ4n) is 2.32. The lowest BCUT2D eigenvalue weighted by molar-refractivity contribution is 0.318. The Morgan fingerprint density at radius 3 is 2.62 bits per heavy atom. The minimum atomic E-state index is -3.43. The molecule has 142 valence electrons. The largest absolute Gasteiger partial charge is 0.493 e. The van der Waals surface area contributed by atoms with Crippen LogP contribution in [0.3, 0.4) is 0 Å². The van der Waals surface area contributed by atoms with E-state index in [1.165, 1.54) is 0 Å². The molecular weight excluding hydrogens is 422 g/mol. The summed E-state index contributed by atoms with van der Waals surface area (Å²) >= 11 is 3.27. The Balaban J connectivity index is 2.64. The molecule has 0 aliphatic carbocycles. The van der Waals surface area contributed by atoms with Crippen molar-refractivity contribution in [2.45, 2.75) is 33.1 Å². The highest BCUT2D eigenvalue weighted by molar-refractivity contribution is 9.10. The average molecular weight is 444 g/mol. The van der Waals surface area contributed by atoms with Gasteiger partial charge in [-0.3, -0.25) is 9.52 Å². The van der Waals surface area contributed by atoms with Crippen LogP contribution in [0.25, 0.3) is 11.4 Å². The van der Waals surface area contributed by atoms with Crippen LogP contribution in [0.1, 0.15) is 38.8 Å². The van der Waals surface area contributed by atoms with Crippen LogP contribution in [-0.2, 0) is 10.0 Å². The quantitative estimate of drug-likeness (QED) is 0.681. The lowest BCUT2D eigenvalue weighted by atomic mass is 10.1. The van der Waals surface area contributed by atoms with Crippen molar-refractivity contribution in [1.82, 2.24) is 9.97 Å². The number of H-pyrrole nitrogens is 1. The number of aromatic nitrogens is 2. The first-order valence-corrected chi connectivity index (χ1v) is 10.9. The zero-order valence-corrected chi connectivity index (χ0v) is 17.5. The van der Waals surface area contributed by atoms with Crippen molar-refractivity contribution in [2.24, 2.45) is 0 Å². The number of sulfonamides is 1. The Bertz CT molecular complexity index is 955. The van der Waals surface area contributed by atoms with Crippen LogP contribution in [0.15, 0.2) is 27.5 Å². The number of halogens is 1. The van der Waals surface area contributed by atoms with Gasteiger partial charge in [-0.05, 0) is 46.5 Å². The maximum Gasteiger partial charge on any atom is 0.265 e. The van der Waals surface area contributed by atoms with Gasteiger partial charge in [0.2, 0.25) is 10.0 Å². The molecule has 2 aromatic rings. The molecule has 7 nitrogen and oxygen atoms in total. The van der Waals surface area contributed by atoms with Crippen molar-refractivity contribution in [1.29, 1.82) is 0 Å². The Kier molecular flexibility index (Phi) is 6.46. The number of hydrogen-bond donors (Lipinski definition) is 2. The molecule has 0 atom stereocenters. The van der Waals surface area contributed by atoms with Crippen LogP contribution in [0.2, 0.25) is 0 Å². The maximum absolute atomic E-state index is 12.3. The molecule has 0 aliphatic heterocycles. The summed E-state index contributed by atoms with van der Waals surface area (Å²) in [6, 6.07) is 4.87. The first kappa shape index (κ1) is 20.4. The minimum Gasteiger partial charge on any atom is -0.493 e. The topological polar surface area (TPSA) is 101 Å². The Morgan fingerprint density at radius 1 is 1.35 bits per heavy atom. The van der Waals surface area contributed by atoms with Crippen molar-refractivity contribution in [3.63, 3.8) is 0 Å². The molecule has 1 aromatic heterocycles. The smallest absolute Gasteiger partial charge is 0.265 e. The van der Waals surface area contributed by atoms with E-state index in [9.17, 15) is 13.2 Å². The van der Waals surface area contributed by atoms with Gasteiger partial charge in [0, 0.05) is 5.69 Å². The van der Waals surface area contributed by atoms with Crippen LogP contribution >= 0.6 is 15.9 Å². The van der Waals surface area contributed by atoms with Gasteiger partial charge in [0.1, 0.15) is 16.0 Å². The van der Waals surface area contributed by atoms with Crippen molar-refractivity contribution >= 4 is 31.6 Å². The number of aromatic amines is 1. The lowest BCUT2D eigenvalue weighted by Gasteiger charge is -2.15. The molecule has 1 aromatic carbocycles. The first-order chi connectivity index (χ1) is 12.1. The Morgan fingerprint density at radius 2 is 2.04 bits per heavy atom. The third-order valence-electron chi connectivity index (χ3n) is 3.43. The number of benzene rings is 1. The number of hydrogen-bond acceptors (Lipinski definition) is 5. The summed E-state index contributed by atoms with van der Waals surface area (Å²) in [5.74, 6) is 0.874. The van der Waals surface area contributed by atoms with Crippen molar-refractivity contribution in [2.75, 3.05) is 17.6 Å². The van der Waals surface area contributed by atoms with E-state index in [0.29, 0.717) is 39.6 Å². The molecule has 0 spiro atoms. The monoisotopic (exact) mass is 443 g/mol. The first-order valence-electron chi connectivity index (χ1n) is 8.17. The van der Waals surface area contributed by atoms with Gasteiger partial charge in [-0.2, -0.15) is 0 Å². The molecule has 0 radical (unpaired) electrons. The Labute approximate surface area is 161 Å². The second-order valence-corrected chi connectivity index (χ2v) is 8.74. The van der Waals surface area contributed by atoms with E-state index < -0.39 is 10.0 Å². The molecule has 26 heavy (non-hydrogen) atoms. The van der Waals surface area contributed by atoms with Gasteiger partial charge in [0.05, 0.1) is 24.1 Å². The second-order valence-electron chi connectivity index (χ2n) is 6.20. The molecule has 0 bridgehead atoms. The molecule has 0 amide bonds. The molecule has 0 saturated heterocycles. The van der Waals surface area contributed by atoms with E-state index in [1.54, 1.807) is 18.2 Å². The molecule has 0 aliphatic rings. The zero-order valence-electron chi connectivity index (χ0n) is 15.1. The molecule has 0 unspecified atom stereocenters. The van der Waals surface area contributed by atoms with Crippen LogP contribution in [0.5, 0.6) is 5.75 Å². The van der Waals surface area contributed by atoms with E-state index >= 15 is 0 Å². The van der Waals surface area contributed by atoms with Crippen LogP contribution < -0.4 is 15.0 Å². The van der Waals surface area contributed by atoms with Crippen LogP contribution in [0.4, 0.5) is 5.69 Å². The fraction of sp³-hybridized carbons (Fsp3) is 0.412. The van der Waals surface area contributed by atoms with Crippen molar-refractivity contribution in [3.8, 4) is 17.1 Å². The summed E-state index contributed by atoms with van der Waals surface area (Å²) in [6.45, 7) is 6.35. The van der Waals surface area contributed by atoms with Gasteiger partial charge in [0.25, 0.3) is 5.56 Å². The number of nitrogens with one attached hydrogen (secondary N) is 2. The fourth-order valence-corrected chi connectivity index (χ4v) is 3.52. The van der Waals surface area contributed by atoms with Gasteiger partial charge in [-0.25, -0.2) is 13.4 Å². The molecule has 0 saturated carbocycles. The van der Waals surface area contributed by atoms with Crippen LogP contribution in [0, 0.1) is 0 Å². The SMILES string of the molecule is CCCOc1ccc(NS(C)(=O)=O)cc1-c1nc(C(C)C)c(Br)c(=O)[nH]1. The summed E-state index contributed by atoms with van der Waals surface area (Å²) < 4.78 is 31.6. The highest BCUT2D eigenvalue weighted by atomic mass is 79.9. The Hall–Kier alpha value is -1.87. The molecule has 2 rings (SSSR count). The molecule has 9 heteroatoms. The summed E-state index contributed by atoms with van der Waals surface area (Å²) in [4.78, 5) is 19.6. The van der Waals surface area contributed by atoms with Crippen LogP contribution in [-0.4, -0.2) is 31.2 Å². The summed E-state index contributed by atoms with van der Waals surface area (Å²) in [7, 11) is -3.43. The highest BCUT2D eigenvalue weighted by Crippen LogP contribution is 2.32. The third kappa shape index (κ3) is 5.07. The molecule has 0 fully saturated rings. The van der Waals surface area contributed by atoms with Crippen molar-refractivity contribution in [3.05, 3.63) is 38.7 Å². The van der Waals surface area contributed by atoms with E-state index in [4.69, 9.17) is 4.74 Å². The number of rotatable bonds is 7. The van der Waals surface area contributed by atoms with E-state index in [1.807, 2.05) is 20.8 Å². The molecular formula is C17H22BrN3O4S. The lowest BCUT2D eigenvalue weighted by Crippen LogP contribution is -2.15. The average Bonchev–Trinajstić information content (AvgIpc) is 2.54. The minimum absolute atomic E-state index is 0.0303. The van der Waals surface area contributed by atoms with E-state index in [-0.39, 0.29) is 11.5 Å². The standard InChI is InChI=1S/C17H22BrN3O4S/c1-5-8-25-13-7-6-11(21-26(4,23)24)9-12(13)16-19-15(10(2)3)14(18)17(22)20-16/h6-7,9-10,21H,5,8H2,1-4H3,(H,19,20,22). The number of nitrogens with zero attached hydrogens (tertiary/aromatic N) is 1. The second kappa shape index (κ2) is 8.22. The number of ether oxygens (including phenoxy) is 1. The van der Waals surface area contributed by atoms with Gasteiger partial charge >= 0.3 is 0 Å². The summed E-state index contributed by atoms with van der Waals surface area (Å²) in [5.41, 5.74) is 1.19. The van der Waals surface area contributed by atoms with Gasteiger partial charge < -0.3 is 9.72 Å². The molecule has 1 heterocycles. The van der Waals surface area contributed by atoms with Gasteiger partial charge in [-0.15, -0.1) is 0 Å². The van der Waals surface area contributed by atoms with Crippen molar-refractivity contribution < 1.29 is 13.2 Å². The van der Waals surface area contributed by atoms with Gasteiger partial charge in [-0.1, -0.05) is 20.8 Å². The summed E-state index contributed by atoms with van der Waals surface area (Å²) in [6.07, 6.45) is 1.88. The zero-order chi connectivity index (χ0) is 19.5. The summed E-state index contributed by atoms with van der Waals surface area (Å²) in [5, 5.41) is 0. The number of anilines is 1. The van der Waals surface area contributed by atoms with Gasteiger partial charge in [0.15, 0.2) is 0 Å². The predicted molar refractivity (Wildman–Crippen MR) is 106 cm³/mol. The maximum atomic E-state index is 12.3. The normalized spacial score (nSPS) is 11.6. The predicted octanol–water partition coefficient (Wildman–Crippen LogP) is 3.48. The molecule has 2 N–H and O–H groups in total.